The number of nitrogens with zero attached hydrogens (tertiary/aromatic N) is 1. The maximum Gasteiger partial charge on any atom is 0.299 e. The molecule has 0 saturated heterocycles. The largest absolute Gasteiger partial charge is 0.349 e. The Bertz CT molecular complexity index is 1750. The Balaban J connectivity index is 0.000000170. The lowest BCUT2D eigenvalue weighted by molar-refractivity contribution is -0.114. The van der Waals surface area contributed by atoms with E-state index in [4.69, 9.17) is 23.2 Å². The quantitative estimate of drug-likeness (QED) is 0.218. The van der Waals surface area contributed by atoms with Crippen molar-refractivity contribution in [2.75, 3.05) is 4.90 Å². The Labute approximate surface area is 304 Å². The first kappa shape index (κ1) is 34.8. The average Bonchev–Trinajstić information content (AvgIpc) is 3.76. The average molecular weight is 715 g/mol. The van der Waals surface area contributed by atoms with Crippen LogP contribution in [-0.2, 0) is 4.79 Å². The maximum absolute atomic E-state index is 12.6. The van der Waals surface area contributed by atoms with Crippen LogP contribution in [0.5, 0.6) is 0 Å². The van der Waals surface area contributed by atoms with E-state index in [1.54, 1.807) is 65.6 Å². The van der Waals surface area contributed by atoms with Crippen LogP contribution in [0.25, 0.3) is 0 Å². The van der Waals surface area contributed by atoms with Gasteiger partial charge < -0.3 is 15.5 Å². The molecule has 0 aromatic heterocycles. The molecule has 10 atom stereocenters. The number of benzene rings is 3. The second kappa shape index (κ2) is 14.1. The fourth-order valence-electron chi connectivity index (χ4n) is 9.65. The summed E-state index contributed by atoms with van der Waals surface area (Å²) in [7, 11) is 0. The molecule has 9 heteroatoms. The van der Waals surface area contributed by atoms with Gasteiger partial charge in [0.25, 0.3) is 23.5 Å². The van der Waals surface area contributed by atoms with E-state index in [0.717, 1.165) is 49.1 Å². The molecule has 7 nitrogen and oxygen atoms in total. The summed E-state index contributed by atoms with van der Waals surface area (Å²) in [5.74, 6) is 3.89. The minimum Gasteiger partial charge on any atom is -0.349 e. The summed E-state index contributed by atoms with van der Waals surface area (Å²) < 4.78 is 0. The van der Waals surface area contributed by atoms with Gasteiger partial charge in [-0.25, -0.2) is 0 Å². The number of anilines is 1. The summed E-state index contributed by atoms with van der Waals surface area (Å²) in [5.41, 5.74) is 2.58. The molecule has 0 bridgehead atoms. The zero-order valence-corrected chi connectivity index (χ0v) is 30.3. The number of hydrogen-bond acceptors (Lipinski definition) is 4. The van der Waals surface area contributed by atoms with Gasteiger partial charge in [0.2, 0.25) is 0 Å². The van der Waals surface area contributed by atoms with Crippen LogP contribution >= 0.6 is 23.2 Å². The molecule has 3 aromatic rings. The Kier molecular flexibility index (Phi) is 9.83. The topological polar surface area (TPSA) is 95.6 Å². The van der Waals surface area contributed by atoms with Gasteiger partial charge in [0, 0.05) is 39.3 Å². The Morgan fingerprint density at radius 2 is 1.14 bits per heavy atom. The summed E-state index contributed by atoms with van der Waals surface area (Å²) in [5, 5.41) is 7.69. The van der Waals surface area contributed by atoms with Crippen molar-refractivity contribution in [1.82, 2.24) is 10.6 Å². The fourth-order valence-corrected chi connectivity index (χ4v) is 9.90. The number of nitrogens with one attached hydrogen (secondary N) is 2. The first-order valence-electron chi connectivity index (χ1n) is 18.2. The summed E-state index contributed by atoms with van der Waals surface area (Å²) in [6, 6.07) is 21.8. The summed E-state index contributed by atoms with van der Waals surface area (Å²) >= 11 is 11.8. The van der Waals surface area contributed by atoms with Gasteiger partial charge in [-0.15, -0.1) is 0 Å². The third-order valence-electron chi connectivity index (χ3n) is 12.1. The summed E-state index contributed by atoms with van der Waals surface area (Å²) in [6.45, 7) is 6.61. The molecule has 8 rings (SSSR count). The number of carbonyl (C=O) groups excluding carboxylic acids is 4. The first-order chi connectivity index (χ1) is 24.1. The smallest absolute Gasteiger partial charge is 0.299 e. The first-order valence-corrected chi connectivity index (χ1v) is 18.9. The number of para-hydroxylation sites is 1. The van der Waals surface area contributed by atoms with Gasteiger partial charge in [-0.2, -0.15) is 0 Å². The van der Waals surface area contributed by atoms with Crippen LogP contribution in [0.4, 0.5) is 5.69 Å². The van der Waals surface area contributed by atoms with Gasteiger partial charge in [0.05, 0.1) is 11.3 Å². The SMILES string of the molecule is CCC(NC(=O)c1ccc(Cl)cc1)C1[C@H]2CC(C)C[C@@H]12.CCC(NC(=O)c1ccc(Cl)cc1)C1[C@H]2CC(N3C(=O)C(=O)c4ccccc43)C[C@@H]12. The number of hydrogen-bond donors (Lipinski definition) is 2. The third-order valence-corrected chi connectivity index (χ3v) is 12.6. The third kappa shape index (κ3) is 6.71. The van der Waals surface area contributed by atoms with E-state index in [-0.39, 0.29) is 23.9 Å². The van der Waals surface area contributed by atoms with Crippen molar-refractivity contribution >= 4 is 52.4 Å². The van der Waals surface area contributed by atoms with E-state index in [1.807, 2.05) is 12.1 Å². The van der Waals surface area contributed by atoms with Crippen LogP contribution in [0, 0.1) is 41.4 Å². The highest BCUT2D eigenvalue weighted by atomic mass is 35.5. The molecule has 4 saturated carbocycles. The zero-order valence-electron chi connectivity index (χ0n) is 28.8. The predicted octanol–water partition coefficient (Wildman–Crippen LogP) is 8.24. The maximum atomic E-state index is 12.6. The minimum absolute atomic E-state index is 0.0338. The molecular weight excluding hydrogens is 669 g/mol. The van der Waals surface area contributed by atoms with Gasteiger partial charge in [0.1, 0.15) is 0 Å². The van der Waals surface area contributed by atoms with Gasteiger partial charge in [-0.3, -0.25) is 19.2 Å². The molecule has 3 amide bonds. The minimum atomic E-state index is -0.401. The Morgan fingerprint density at radius 1 is 0.700 bits per heavy atom. The van der Waals surface area contributed by atoms with Gasteiger partial charge in [0.15, 0.2) is 0 Å². The van der Waals surface area contributed by atoms with E-state index >= 15 is 0 Å². The van der Waals surface area contributed by atoms with Crippen molar-refractivity contribution in [3.8, 4) is 0 Å². The molecule has 1 heterocycles. The molecule has 5 aliphatic rings. The molecule has 6 unspecified atom stereocenters. The van der Waals surface area contributed by atoms with Crippen molar-refractivity contribution in [2.24, 2.45) is 41.4 Å². The van der Waals surface area contributed by atoms with Crippen LogP contribution in [0.1, 0.15) is 90.4 Å². The van der Waals surface area contributed by atoms with E-state index in [0.29, 0.717) is 56.4 Å². The van der Waals surface area contributed by atoms with Crippen molar-refractivity contribution in [3.05, 3.63) is 99.5 Å². The van der Waals surface area contributed by atoms with E-state index in [2.05, 4.69) is 31.4 Å². The number of fused-ring (bicyclic) bond motifs is 3. The van der Waals surface area contributed by atoms with Crippen molar-refractivity contribution in [1.29, 1.82) is 0 Å². The molecule has 3 aromatic carbocycles. The van der Waals surface area contributed by atoms with Crippen LogP contribution in [-0.4, -0.2) is 41.6 Å². The van der Waals surface area contributed by atoms with Crippen LogP contribution in [0.2, 0.25) is 10.0 Å². The molecule has 0 spiro atoms. The molecule has 262 valence electrons. The van der Waals surface area contributed by atoms with Crippen molar-refractivity contribution < 1.29 is 19.2 Å². The predicted molar refractivity (Wildman–Crippen MR) is 197 cm³/mol. The molecular formula is C41H45Cl2N3O4. The van der Waals surface area contributed by atoms with E-state index < -0.39 is 11.7 Å². The highest BCUT2D eigenvalue weighted by Crippen LogP contribution is 2.62. The zero-order chi connectivity index (χ0) is 35.3. The molecule has 2 N–H and O–H groups in total. The number of halogens is 2. The molecule has 0 radical (unpaired) electrons. The number of carbonyl (C=O) groups is 4. The molecule has 4 aliphatic carbocycles. The second-order valence-corrected chi connectivity index (χ2v) is 15.9. The molecule has 4 fully saturated rings. The van der Waals surface area contributed by atoms with Gasteiger partial charge in [-0.1, -0.05) is 56.1 Å². The van der Waals surface area contributed by atoms with Crippen LogP contribution in [0.15, 0.2) is 72.8 Å². The monoisotopic (exact) mass is 713 g/mol. The number of Topliss-reactive ketones (excluding diaryl/α,β-unsaturated/α-hetero) is 1. The summed E-state index contributed by atoms with van der Waals surface area (Å²) in [4.78, 5) is 51.5. The van der Waals surface area contributed by atoms with E-state index in [9.17, 15) is 19.2 Å². The Morgan fingerprint density at radius 3 is 1.60 bits per heavy atom. The number of rotatable bonds is 9. The van der Waals surface area contributed by atoms with Crippen molar-refractivity contribution in [2.45, 2.75) is 77.4 Å². The van der Waals surface area contributed by atoms with E-state index in [1.165, 1.54) is 12.8 Å². The van der Waals surface area contributed by atoms with Gasteiger partial charge in [-0.05, 0) is 141 Å². The highest BCUT2D eigenvalue weighted by molar-refractivity contribution is 6.52. The molecule has 1 aliphatic heterocycles. The number of ketones is 1. The fraction of sp³-hybridized carbons (Fsp3) is 0.463. The lowest BCUT2D eigenvalue weighted by atomic mass is 9.96. The van der Waals surface area contributed by atoms with Crippen LogP contribution < -0.4 is 15.5 Å². The summed E-state index contributed by atoms with van der Waals surface area (Å²) in [6.07, 6.45) is 6.36. The number of amides is 3. The standard InChI is InChI=1S/C24H23ClN2O3.C17H22ClNO/c1-2-19(26-23(29)13-7-9-14(25)10-8-13)21-17-11-15(12-18(17)21)27-20-6-4-3-5-16(20)22(28)24(27)30;1-3-15(16-13-8-10(2)9-14(13)16)19-17(20)11-4-6-12(18)7-5-11/h3-10,15,17-19,21H,2,11-12H2,1H3,(H,26,29);4-7,10,13-16H,3,8-9H2,1-2H3,(H,19,20)/t15?,17-,18+,19?,21?;10?,13-,14+,15?,16?. The van der Waals surface area contributed by atoms with Crippen molar-refractivity contribution in [3.63, 3.8) is 0 Å². The second-order valence-electron chi connectivity index (χ2n) is 15.0. The Hall–Kier alpha value is -3.68. The lowest BCUT2D eigenvalue weighted by Crippen LogP contribution is -2.41. The normalized spacial score (nSPS) is 29.6. The van der Waals surface area contributed by atoms with Gasteiger partial charge >= 0.3 is 0 Å². The highest BCUT2D eigenvalue weighted by Gasteiger charge is 2.61. The molecule has 50 heavy (non-hydrogen) atoms. The lowest BCUT2D eigenvalue weighted by Gasteiger charge is -2.28. The van der Waals surface area contributed by atoms with Crippen LogP contribution in [0.3, 0.4) is 0 Å².